The second-order valence-corrected chi connectivity index (χ2v) is 6.62. The van der Waals surface area contributed by atoms with Gasteiger partial charge in [-0.3, -0.25) is 9.89 Å². The van der Waals surface area contributed by atoms with E-state index in [9.17, 15) is 0 Å². The summed E-state index contributed by atoms with van der Waals surface area (Å²) in [6, 6.07) is 3.07. The van der Waals surface area contributed by atoms with Crippen molar-refractivity contribution < 1.29 is 0 Å². The summed E-state index contributed by atoms with van der Waals surface area (Å²) in [6.07, 6.45) is 2.22. The largest absolute Gasteiger partial charge is 0.370 e. The van der Waals surface area contributed by atoms with E-state index in [0.717, 1.165) is 26.1 Å². The van der Waals surface area contributed by atoms with Crippen molar-refractivity contribution in [2.45, 2.75) is 52.2 Å². The summed E-state index contributed by atoms with van der Waals surface area (Å²) in [7, 11) is 0. The fraction of sp³-hybridized carbons (Fsp3) is 0.667. The molecule has 1 aromatic heterocycles. The van der Waals surface area contributed by atoms with Crippen LogP contribution in [0.3, 0.4) is 0 Å². The van der Waals surface area contributed by atoms with Crippen LogP contribution in [0.15, 0.2) is 16.4 Å². The number of hydrogen-bond donors (Lipinski definition) is 2. The van der Waals surface area contributed by atoms with E-state index in [-0.39, 0.29) is 0 Å². The normalized spacial score (nSPS) is 19.4. The van der Waals surface area contributed by atoms with E-state index >= 15 is 0 Å². The summed E-state index contributed by atoms with van der Waals surface area (Å²) in [5.41, 5.74) is 7.40. The van der Waals surface area contributed by atoms with Crippen molar-refractivity contribution in [1.29, 1.82) is 0 Å². The Bertz CT molecular complexity index is 454. The smallest absolute Gasteiger partial charge is 0.188 e. The first-order chi connectivity index (χ1) is 9.60. The summed E-state index contributed by atoms with van der Waals surface area (Å²) in [4.78, 5) is 8.52. The van der Waals surface area contributed by atoms with Crippen LogP contribution >= 0.6 is 11.3 Å². The van der Waals surface area contributed by atoms with Crippen LogP contribution < -0.4 is 11.1 Å². The van der Waals surface area contributed by atoms with Crippen molar-refractivity contribution in [1.82, 2.24) is 10.2 Å². The minimum atomic E-state index is 0.386. The average Bonchev–Trinajstić information content (AvgIpc) is 2.91. The van der Waals surface area contributed by atoms with Crippen molar-refractivity contribution in [2.75, 3.05) is 13.1 Å². The van der Waals surface area contributed by atoms with Gasteiger partial charge in [0.25, 0.3) is 0 Å². The molecular formula is C15H26N4S. The molecule has 0 saturated heterocycles. The zero-order chi connectivity index (χ0) is 14.5. The minimum Gasteiger partial charge on any atom is -0.370 e. The predicted molar refractivity (Wildman–Crippen MR) is 87.3 cm³/mol. The van der Waals surface area contributed by atoms with Gasteiger partial charge >= 0.3 is 0 Å². The van der Waals surface area contributed by atoms with Crippen LogP contribution in [0.5, 0.6) is 0 Å². The van der Waals surface area contributed by atoms with Gasteiger partial charge in [0.05, 0.1) is 6.54 Å². The maximum absolute atomic E-state index is 5.91. The topological polar surface area (TPSA) is 53.6 Å². The minimum absolute atomic E-state index is 0.386. The number of fused-ring (bicyclic) bond motifs is 1. The molecule has 112 valence electrons. The fourth-order valence-corrected chi connectivity index (χ4v) is 3.28. The number of hydrogen-bond acceptors (Lipinski definition) is 3. The van der Waals surface area contributed by atoms with Gasteiger partial charge in [0.15, 0.2) is 5.96 Å². The Morgan fingerprint density at radius 3 is 3.10 bits per heavy atom. The summed E-state index contributed by atoms with van der Waals surface area (Å²) < 4.78 is 0. The van der Waals surface area contributed by atoms with Crippen molar-refractivity contribution in [3.05, 3.63) is 21.9 Å². The van der Waals surface area contributed by atoms with Gasteiger partial charge in [0, 0.05) is 30.1 Å². The molecule has 2 atom stereocenters. The molecule has 2 rings (SSSR count). The van der Waals surface area contributed by atoms with Crippen LogP contribution in [-0.4, -0.2) is 36.0 Å². The van der Waals surface area contributed by atoms with Crippen LogP contribution in [0.4, 0.5) is 0 Å². The van der Waals surface area contributed by atoms with E-state index in [2.05, 4.69) is 47.4 Å². The van der Waals surface area contributed by atoms with Crippen molar-refractivity contribution in [3.8, 4) is 0 Å². The fourth-order valence-electron chi connectivity index (χ4n) is 2.39. The number of guanidine groups is 1. The molecule has 1 aliphatic heterocycles. The van der Waals surface area contributed by atoms with Crippen LogP contribution in [0, 0.1) is 0 Å². The summed E-state index contributed by atoms with van der Waals surface area (Å²) >= 11 is 1.88. The van der Waals surface area contributed by atoms with Crippen molar-refractivity contribution >= 4 is 17.3 Å². The standard InChI is InChI=1S/C15H26N4S/c1-4-11(2)18-15(16)17-9-12(3)19-7-5-14-13(10-19)6-8-20-14/h6,8,11-12H,4-5,7,9-10H2,1-3H3,(H3,16,17,18). The average molecular weight is 294 g/mol. The molecule has 0 aliphatic carbocycles. The van der Waals surface area contributed by atoms with Gasteiger partial charge in [-0.05, 0) is 43.7 Å². The van der Waals surface area contributed by atoms with Crippen LogP contribution in [0.25, 0.3) is 0 Å². The van der Waals surface area contributed by atoms with Crippen LogP contribution in [0.2, 0.25) is 0 Å². The first-order valence-electron chi connectivity index (χ1n) is 7.46. The molecule has 3 N–H and O–H groups in total. The monoisotopic (exact) mass is 294 g/mol. The highest BCUT2D eigenvalue weighted by Gasteiger charge is 2.21. The molecular weight excluding hydrogens is 268 g/mol. The molecule has 5 heteroatoms. The highest BCUT2D eigenvalue weighted by molar-refractivity contribution is 7.10. The molecule has 0 spiro atoms. The molecule has 20 heavy (non-hydrogen) atoms. The summed E-state index contributed by atoms with van der Waals surface area (Å²) in [5, 5.41) is 5.41. The molecule has 1 aliphatic rings. The Morgan fingerprint density at radius 2 is 2.35 bits per heavy atom. The second-order valence-electron chi connectivity index (χ2n) is 5.62. The van der Waals surface area contributed by atoms with Gasteiger partial charge in [-0.25, -0.2) is 0 Å². The number of nitrogens with zero attached hydrogens (tertiary/aromatic N) is 2. The maximum atomic E-state index is 5.91. The third-order valence-electron chi connectivity index (χ3n) is 3.99. The lowest BCUT2D eigenvalue weighted by Crippen LogP contribution is -2.41. The molecule has 1 aromatic rings. The molecule has 0 saturated carbocycles. The van der Waals surface area contributed by atoms with E-state index in [4.69, 9.17) is 5.73 Å². The van der Waals surface area contributed by atoms with Gasteiger partial charge in [-0.1, -0.05) is 6.92 Å². The Kier molecular flexibility index (Phi) is 5.43. The van der Waals surface area contributed by atoms with Gasteiger partial charge in [0.1, 0.15) is 0 Å². The zero-order valence-electron chi connectivity index (χ0n) is 12.7. The first kappa shape index (κ1) is 15.3. The van der Waals surface area contributed by atoms with E-state index in [1.807, 2.05) is 11.3 Å². The molecule has 0 bridgehead atoms. The molecule has 0 fully saturated rings. The Balaban J connectivity index is 1.84. The predicted octanol–water partition coefficient (Wildman–Crippen LogP) is 2.20. The molecule has 0 amide bonds. The summed E-state index contributed by atoms with van der Waals surface area (Å²) in [6.45, 7) is 9.43. The van der Waals surface area contributed by atoms with Crippen molar-refractivity contribution in [3.63, 3.8) is 0 Å². The lowest BCUT2D eigenvalue weighted by molar-refractivity contribution is 0.197. The van der Waals surface area contributed by atoms with Crippen LogP contribution in [0.1, 0.15) is 37.6 Å². The lowest BCUT2D eigenvalue weighted by Gasteiger charge is -2.31. The van der Waals surface area contributed by atoms with Gasteiger partial charge in [0.2, 0.25) is 0 Å². The van der Waals surface area contributed by atoms with E-state index in [0.29, 0.717) is 18.0 Å². The Labute approximate surface area is 126 Å². The van der Waals surface area contributed by atoms with E-state index < -0.39 is 0 Å². The molecule has 2 heterocycles. The second kappa shape index (κ2) is 7.09. The number of rotatable bonds is 5. The SMILES string of the molecule is CCC(C)NC(N)=NCC(C)N1CCc2sccc2C1. The number of nitrogens with one attached hydrogen (secondary N) is 1. The van der Waals surface area contributed by atoms with Gasteiger partial charge in [-0.15, -0.1) is 11.3 Å². The van der Waals surface area contributed by atoms with Gasteiger partial charge < -0.3 is 11.1 Å². The lowest BCUT2D eigenvalue weighted by atomic mass is 10.1. The zero-order valence-corrected chi connectivity index (χ0v) is 13.5. The van der Waals surface area contributed by atoms with Gasteiger partial charge in [-0.2, -0.15) is 0 Å². The third kappa shape index (κ3) is 3.96. The molecule has 0 radical (unpaired) electrons. The molecule has 4 nitrogen and oxygen atoms in total. The number of nitrogens with two attached hydrogens (primary N) is 1. The van der Waals surface area contributed by atoms with E-state index in [1.54, 1.807) is 4.88 Å². The summed E-state index contributed by atoms with van der Waals surface area (Å²) in [5.74, 6) is 0.569. The Hall–Kier alpha value is -1.07. The molecule has 2 unspecified atom stereocenters. The maximum Gasteiger partial charge on any atom is 0.188 e. The molecule has 0 aromatic carbocycles. The highest BCUT2D eigenvalue weighted by atomic mass is 32.1. The quantitative estimate of drug-likeness (QED) is 0.646. The first-order valence-corrected chi connectivity index (χ1v) is 8.33. The van der Waals surface area contributed by atoms with Crippen LogP contribution in [-0.2, 0) is 13.0 Å². The number of aliphatic imine (C=N–C) groups is 1. The van der Waals surface area contributed by atoms with E-state index in [1.165, 1.54) is 12.0 Å². The highest BCUT2D eigenvalue weighted by Crippen LogP contribution is 2.25. The van der Waals surface area contributed by atoms with Crippen molar-refractivity contribution in [2.24, 2.45) is 10.7 Å². The Morgan fingerprint density at radius 1 is 1.55 bits per heavy atom. The number of thiophene rings is 1. The third-order valence-corrected chi connectivity index (χ3v) is 5.02.